The SMILES string of the molecule is COC(=O)c1ccc(NC(=O)c2ccc(C(=O)NCCN(C)C)cc2)cc1. The van der Waals surface area contributed by atoms with Gasteiger partial charge in [0, 0.05) is 29.9 Å². The van der Waals surface area contributed by atoms with Crippen molar-refractivity contribution in [1.82, 2.24) is 10.2 Å². The maximum atomic E-state index is 12.3. The number of amides is 2. The Morgan fingerprint density at radius 1 is 0.852 bits per heavy atom. The molecule has 27 heavy (non-hydrogen) atoms. The average Bonchev–Trinajstić information content (AvgIpc) is 2.67. The van der Waals surface area contributed by atoms with E-state index in [0.717, 1.165) is 6.54 Å². The van der Waals surface area contributed by atoms with Gasteiger partial charge in [-0.05, 0) is 62.6 Å². The normalized spacial score (nSPS) is 10.4. The Bertz CT molecular complexity index is 799. The molecule has 7 heteroatoms. The summed E-state index contributed by atoms with van der Waals surface area (Å²) < 4.78 is 4.63. The van der Waals surface area contributed by atoms with E-state index in [0.29, 0.717) is 28.9 Å². The number of hydrogen-bond acceptors (Lipinski definition) is 5. The first kappa shape index (κ1) is 20.1. The molecule has 0 aliphatic carbocycles. The number of carbonyl (C=O) groups is 3. The minimum absolute atomic E-state index is 0.179. The van der Waals surface area contributed by atoms with Crippen molar-refractivity contribution in [2.24, 2.45) is 0 Å². The van der Waals surface area contributed by atoms with Gasteiger partial charge >= 0.3 is 5.97 Å². The maximum Gasteiger partial charge on any atom is 0.337 e. The fourth-order valence-electron chi connectivity index (χ4n) is 2.28. The zero-order chi connectivity index (χ0) is 19.8. The standard InChI is InChI=1S/C20H23N3O4/c1-23(2)13-12-21-18(24)14-4-6-15(7-5-14)19(25)22-17-10-8-16(9-11-17)20(26)27-3/h4-11H,12-13H2,1-3H3,(H,21,24)(H,22,25). The van der Waals surface area contributed by atoms with E-state index in [-0.39, 0.29) is 11.8 Å². The highest BCUT2D eigenvalue weighted by molar-refractivity contribution is 6.05. The lowest BCUT2D eigenvalue weighted by molar-refractivity contribution is 0.0600. The van der Waals surface area contributed by atoms with E-state index in [2.05, 4.69) is 15.4 Å². The van der Waals surface area contributed by atoms with Gasteiger partial charge in [0.05, 0.1) is 12.7 Å². The molecule has 0 atom stereocenters. The minimum atomic E-state index is -0.438. The lowest BCUT2D eigenvalue weighted by atomic mass is 10.1. The van der Waals surface area contributed by atoms with Gasteiger partial charge in [-0.2, -0.15) is 0 Å². The second kappa shape index (κ2) is 9.49. The topological polar surface area (TPSA) is 87.7 Å². The number of rotatable bonds is 7. The molecule has 2 aromatic rings. The van der Waals surface area contributed by atoms with Crippen LogP contribution in [0.5, 0.6) is 0 Å². The molecule has 0 spiro atoms. The van der Waals surface area contributed by atoms with Crippen LogP contribution in [0, 0.1) is 0 Å². The Labute approximate surface area is 158 Å². The number of ether oxygens (including phenoxy) is 1. The smallest absolute Gasteiger partial charge is 0.337 e. The van der Waals surface area contributed by atoms with Crippen LogP contribution < -0.4 is 10.6 Å². The third-order valence-corrected chi connectivity index (χ3v) is 3.82. The first-order valence-corrected chi connectivity index (χ1v) is 8.43. The van der Waals surface area contributed by atoms with Crippen LogP contribution in [0.3, 0.4) is 0 Å². The number of carbonyl (C=O) groups excluding carboxylic acids is 3. The highest BCUT2D eigenvalue weighted by Crippen LogP contribution is 2.13. The Morgan fingerprint density at radius 2 is 1.37 bits per heavy atom. The molecule has 0 aliphatic heterocycles. The van der Waals surface area contributed by atoms with Gasteiger partial charge in [0.2, 0.25) is 0 Å². The molecule has 2 rings (SSSR count). The summed E-state index contributed by atoms with van der Waals surface area (Å²) in [6.07, 6.45) is 0. The molecule has 0 heterocycles. The van der Waals surface area contributed by atoms with Crippen LogP contribution in [0.4, 0.5) is 5.69 Å². The maximum absolute atomic E-state index is 12.3. The zero-order valence-electron chi connectivity index (χ0n) is 15.6. The monoisotopic (exact) mass is 369 g/mol. The van der Waals surface area contributed by atoms with Gasteiger partial charge in [-0.25, -0.2) is 4.79 Å². The molecule has 2 aromatic carbocycles. The van der Waals surface area contributed by atoms with Crippen molar-refractivity contribution in [1.29, 1.82) is 0 Å². The average molecular weight is 369 g/mol. The van der Waals surface area contributed by atoms with E-state index >= 15 is 0 Å². The number of nitrogens with one attached hydrogen (secondary N) is 2. The molecule has 142 valence electrons. The van der Waals surface area contributed by atoms with E-state index in [1.54, 1.807) is 48.5 Å². The molecule has 7 nitrogen and oxygen atoms in total. The fraction of sp³-hybridized carbons (Fsp3) is 0.250. The number of hydrogen-bond donors (Lipinski definition) is 2. The van der Waals surface area contributed by atoms with Gasteiger partial charge < -0.3 is 20.3 Å². The number of benzene rings is 2. The summed E-state index contributed by atoms with van der Waals surface area (Å²) in [5.74, 6) is -0.921. The van der Waals surface area contributed by atoms with Crippen molar-refractivity contribution in [3.63, 3.8) is 0 Å². The molecule has 0 saturated carbocycles. The lowest BCUT2D eigenvalue weighted by Crippen LogP contribution is -2.31. The van der Waals surface area contributed by atoms with Gasteiger partial charge in [-0.1, -0.05) is 0 Å². The van der Waals surface area contributed by atoms with Crippen LogP contribution in [0.2, 0.25) is 0 Å². The van der Waals surface area contributed by atoms with E-state index in [4.69, 9.17) is 0 Å². The van der Waals surface area contributed by atoms with E-state index < -0.39 is 5.97 Å². The van der Waals surface area contributed by atoms with Gasteiger partial charge in [0.25, 0.3) is 11.8 Å². The summed E-state index contributed by atoms with van der Waals surface area (Å²) in [6.45, 7) is 1.30. The molecule has 0 aromatic heterocycles. The van der Waals surface area contributed by atoms with Gasteiger partial charge in [-0.3, -0.25) is 9.59 Å². The van der Waals surface area contributed by atoms with Crippen molar-refractivity contribution in [3.8, 4) is 0 Å². The second-order valence-electron chi connectivity index (χ2n) is 6.16. The van der Waals surface area contributed by atoms with Crippen molar-refractivity contribution >= 4 is 23.5 Å². The predicted octanol–water partition coefficient (Wildman–Crippen LogP) is 2.02. The Balaban J connectivity index is 1.95. The van der Waals surface area contributed by atoms with Crippen molar-refractivity contribution in [2.45, 2.75) is 0 Å². The number of nitrogens with zero attached hydrogens (tertiary/aromatic N) is 1. The van der Waals surface area contributed by atoms with Gasteiger partial charge in [0.1, 0.15) is 0 Å². The summed E-state index contributed by atoms with van der Waals surface area (Å²) in [7, 11) is 5.18. The van der Waals surface area contributed by atoms with Crippen LogP contribution in [-0.2, 0) is 4.74 Å². The predicted molar refractivity (Wildman–Crippen MR) is 103 cm³/mol. The van der Waals surface area contributed by atoms with Gasteiger partial charge in [-0.15, -0.1) is 0 Å². The second-order valence-corrected chi connectivity index (χ2v) is 6.16. The Kier molecular flexibility index (Phi) is 7.08. The molecule has 0 radical (unpaired) electrons. The molecule has 0 fully saturated rings. The number of anilines is 1. The molecular weight excluding hydrogens is 346 g/mol. The molecule has 0 aliphatic rings. The van der Waals surface area contributed by atoms with Crippen LogP contribution in [0.15, 0.2) is 48.5 Å². The summed E-state index contributed by atoms with van der Waals surface area (Å²) in [4.78, 5) is 37.7. The summed E-state index contributed by atoms with van der Waals surface area (Å²) in [5, 5.41) is 5.56. The molecule has 2 amide bonds. The number of esters is 1. The molecule has 0 bridgehead atoms. The summed E-state index contributed by atoms with van der Waals surface area (Å²) in [6, 6.07) is 12.8. The van der Waals surface area contributed by atoms with Crippen molar-refractivity contribution in [2.75, 3.05) is 39.6 Å². The number of likely N-dealkylation sites (N-methyl/N-ethyl adjacent to an activating group) is 1. The highest BCUT2D eigenvalue weighted by Gasteiger charge is 2.10. The van der Waals surface area contributed by atoms with Crippen LogP contribution in [-0.4, -0.2) is 57.0 Å². The molecule has 0 unspecified atom stereocenters. The fourth-order valence-corrected chi connectivity index (χ4v) is 2.28. The lowest BCUT2D eigenvalue weighted by Gasteiger charge is -2.10. The van der Waals surface area contributed by atoms with Crippen LogP contribution >= 0.6 is 0 Å². The van der Waals surface area contributed by atoms with Gasteiger partial charge in [0.15, 0.2) is 0 Å². The minimum Gasteiger partial charge on any atom is -0.465 e. The van der Waals surface area contributed by atoms with Crippen LogP contribution in [0.25, 0.3) is 0 Å². The number of methoxy groups -OCH3 is 1. The molecular formula is C20H23N3O4. The zero-order valence-corrected chi connectivity index (χ0v) is 15.6. The highest BCUT2D eigenvalue weighted by atomic mass is 16.5. The Morgan fingerprint density at radius 3 is 1.89 bits per heavy atom. The van der Waals surface area contributed by atoms with E-state index in [1.165, 1.54) is 7.11 Å². The Hall–Kier alpha value is -3.19. The first-order valence-electron chi connectivity index (χ1n) is 8.43. The van der Waals surface area contributed by atoms with Crippen LogP contribution in [0.1, 0.15) is 31.1 Å². The largest absolute Gasteiger partial charge is 0.465 e. The third-order valence-electron chi connectivity index (χ3n) is 3.82. The third kappa shape index (κ3) is 5.93. The van der Waals surface area contributed by atoms with Crippen molar-refractivity contribution < 1.29 is 19.1 Å². The molecule has 2 N–H and O–H groups in total. The quantitative estimate of drug-likeness (QED) is 0.729. The van der Waals surface area contributed by atoms with E-state index in [9.17, 15) is 14.4 Å². The summed E-state index contributed by atoms with van der Waals surface area (Å²) >= 11 is 0. The van der Waals surface area contributed by atoms with Crippen molar-refractivity contribution in [3.05, 3.63) is 65.2 Å². The summed E-state index contributed by atoms with van der Waals surface area (Å²) in [5.41, 5.74) is 1.88. The molecule has 0 saturated heterocycles. The van der Waals surface area contributed by atoms with E-state index in [1.807, 2.05) is 19.0 Å². The first-order chi connectivity index (χ1) is 12.9.